The highest BCUT2D eigenvalue weighted by atomic mass is 79.9. The number of hydrogen-bond acceptors (Lipinski definition) is 5. The van der Waals surface area contributed by atoms with E-state index in [1.165, 1.54) is 25.5 Å². The molecule has 2 aromatic carbocycles. The first-order chi connectivity index (χ1) is 12.4. The van der Waals surface area contributed by atoms with E-state index < -0.39 is 5.91 Å². The van der Waals surface area contributed by atoms with Gasteiger partial charge in [-0.2, -0.15) is 5.10 Å². The molecule has 0 spiro atoms. The summed E-state index contributed by atoms with van der Waals surface area (Å²) in [7, 11) is 1.41. The number of fused-ring (bicyclic) bond motifs is 1. The molecule has 26 heavy (non-hydrogen) atoms. The van der Waals surface area contributed by atoms with E-state index >= 15 is 0 Å². The van der Waals surface area contributed by atoms with Gasteiger partial charge in [-0.05, 0) is 51.8 Å². The van der Waals surface area contributed by atoms with E-state index in [0.717, 1.165) is 14.3 Å². The number of ether oxygens (including phenoxy) is 1. The number of phenolic OH excluding ortho intramolecular Hbond substituents is 1. The van der Waals surface area contributed by atoms with Gasteiger partial charge in [0.25, 0.3) is 0 Å². The highest BCUT2D eigenvalue weighted by Crippen LogP contribution is 2.34. The van der Waals surface area contributed by atoms with Gasteiger partial charge in [-0.15, -0.1) is 0 Å². The number of halogens is 3. The lowest BCUT2D eigenvalue weighted by Gasteiger charge is -2.05. The van der Waals surface area contributed by atoms with Crippen molar-refractivity contribution in [3.8, 4) is 11.5 Å². The number of nitrogens with zero attached hydrogens (tertiary/aromatic N) is 1. The lowest BCUT2D eigenvalue weighted by molar-refractivity contribution is 0.0929. The van der Waals surface area contributed by atoms with Crippen LogP contribution in [0.3, 0.4) is 0 Å². The average molecular weight is 503 g/mol. The van der Waals surface area contributed by atoms with Gasteiger partial charge in [-0.1, -0.05) is 27.5 Å². The second-order valence-corrected chi connectivity index (χ2v) is 7.35. The Morgan fingerprint density at radius 1 is 1.31 bits per heavy atom. The second-order valence-electron chi connectivity index (χ2n) is 5.17. The molecule has 0 fully saturated rings. The third-order valence-electron chi connectivity index (χ3n) is 3.41. The molecule has 2 N–H and O–H groups in total. The quantitative estimate of drug-likeness (QED) is 0.385. The number of hydrazone groups is 1. The van der Waals surface area contributed by atoms with Crippen molar-refractivity contribution < 1.29 is 19.1 Å². The smallest absolute Gasteiger partial charge is 0.307 e. The lowest BCUT2D eigenvalue weighted by atomic mass is 10.2. The van der Waals surface area contributed by atoms with Gasteiger partial charge in [0.2, 0.25) is 0 Å². The summed E-state index contributed by atoms with van der Waals surface area (Å²) in [5, 5.41) is 14.5. The van der Waals surface area contributed by atoms with Crippen molar-refractivity contribution in [1.29, 1.82) is 0 Å². The zero-order chi connectivity index (χ0) is 18.8. The van der Waals surface area contributed by atoms with E-state index in [0.29, 0.717) is 11.1 Å². The number of phenols is 1. The molecular formula is C17H11Br2ClN2O4. The van der Waals surface area contributed by atoms with Crippen molar-refractivity contribution in [3.63, 3.8) is 0 Å². The fraction of sp³-hybridized carbons (Fsp3) is 0.0588. The highest BCUT2D eigenvalue weighted by Gasteiger charge is 2.14. The molecule has 3 aromatic rings. The highest BCUT2D eigenvalue weighted by molar-refractivity contribution is 9.11. The van der Waals surface area contributed by atoms with Gasteiger partial charge in [-0.25, -0.2) is 5.43 Å². The number of rotatable bonds is 4. The summed E-state index contributed by atoms with van der Waals surface area (Å²) in [6.07, 6.45) is 1.38. The minimum Gasteiger partial charge on any atom is -0.503 e. The summed E-state index contributed by atoms with van der Waals surface area (Å²) in [6, 6.07) is 8.32. The molecule has 0 radical (unpaired) electrons. The molecule has 0 atom stereocenters. The normalized spacial score (nSPS) is 11.2. The summed E-state index contributed by atoms with van der Waals surface area (Å²) in [4.78, 5) is 12.2. The Morgan fingerprint density at radius 3 is 2.81 bits per heavy atom. The van der Waals surface area contributed by atoms with Crippen molar-refractivity contribution in [1.82, 2.24) is 5.43 Å². The van der Waals surface area contributed by atoms with E-state index in [1.807, 2.05) is 12.1 Å². The maximum atomic E-state index is 12.2. The molecule has 1 aromatic heterocycles. The standard InChI is InChI=1S/C17H11Br2ClN2O4/c1-25-13-3-8(2-12(20)15(13)23)7-21-22-17(24)14-5-9-4-10(18)6-11(19)16(9)26-14/h2-7,23H,1H3,(H,22,24)/b21-7-. The number of furan rings is 1. The van der Waals surface area contributed by atoms with Crippen LogP contribution in [0, 0.1) is 0 Å². The van der Waals surface area contributed by atoms with E-state index in [9.17, 15) is 9.90 Å². The van der Waals surface area contributed by atoms with E-state index in [4.69, 9.17) is 20.8 Å². The lowest BCUT2D eigenvalue weighted by Crippen LogP contribution is -2.16. The van der Waals surface area contributed by atoms with Crippen molar-refractivity contribution in [3.05, 3.63) is 55.6 Å². The molecule has 0 saturated heterocycles. The average Bonchev–Trinajstić information content (AvgIpc) is 3.02. The predicted octanol–water partition coefficient (Wildman–Crippen LogP) is 5.09. The maximum Gasteiger partial charge on any atom is 0.307 e. The Kier molecular flexibility index (Phi) is 5.55. The van der Waals surface area contributed by atoms with Crippen LogP contribution in [0.2, 0.25) is 5.02 Å². The van der Waals surface area contributed by atoms with E-state index in [-0.39, 0.29) is 22.3 Å². The zero-order valence-electron chi connectivity index (χ0n) is 13.2. The fourth-order valence-corrected chi connectivity index (χ4v) is 3.79. The Hall–Kier alpha value is -2.03. The number of hydrogen-bond donors (Lipinski definition) is 2. The molecule has 6 nitrogen and oxygen atoms in total. The summed E-state index contributed by atoms with van der Waals surface area (Å²) < 4.78 is 12.2. The van der Waals surface area contributed by atoms with Gasteiger partial charge in [0.1, 0.15) is 5.58 Å². The minimum atomic E-state index is -0.502. The topological polar surface area (TPSA) is 84.1 Å². The third-order valence-corrected chi connectivity index (χ3v) is 4.74. The molecule has 0 saturated carbocycles. The molecule has 0 bridgehead atoms. The minimum absolute atomic E-state index is 0.116. The van der Waals surface area contributed by atoms with Crippen LogP contribution in [0.5, 0.6) is 11.5 Å². The Morgan fingerprint density at radius 2 is 2.08 bits per heavy atom. The van der Waals surface area contributed by atoms with Gasteiger partial charge in [0.15, 0.2) is 17.3 Å². The number of aromatic hydroxyl groups is 1. The van der Waals surface area contributed by atoms with Crippen LogP contribution in [-0.2, 0) is 0 Å². The molecule has 0 aliphatic heterocycles. The Balaban J connectivity index is 1.78. The van der Waals surface area contributed by atoms with Crippen LogP contribution in [0.25, 0.3) is 11.0 Å². The SMILES string of the molecule is COc1cc(/C=N\NC(=O)c2cc3cc(Br)cc(Br)c3o2)cc(Cl)c1O. The number of benzene rings is 2. The molecule has 1 heterocycles. The molecule has 3 rings (SSSR count). The molecule has 9 heteroatoms. The molecule has 0 aliphatic rings. The van der Waals surface area contributed by atoms with Gasteiger partial charge in [-0.3, -0.25) is 4.79 Å². The summed E-state index contributed by atoms with van der Waals surface area (Å²) >= 11 is 12.7. The van der Waals surface area contributed by atoms with Gasteiger partial charge < -0.3 is 14.3 Å². The first-order valence-electron chi connectivity index (χ1n) is 7.17. The first kappa shape index (κ1) is 18.8. The summed E-state index contributed by atoms with van der Waals surface area (Å²) in [6.45, 7) is 0. The second kappa shape index (κ2) is 7.69. The largest absolute Gasteiger partial charge is 0.503 e. The Labute approximate surface area is 170 Å². The monoisotopic (exact) mass is 500 g/mol. The molecule has 134 valence electrons. The van der Waals surface area contributed by atoms with Gasteiger partial charge in [0, 0.05) is 9.86 Å². The van der Waals surface area contributed by atoms with Gasteiger partial charge in [0.05, 0.1) is 22.8 Å². The first-order valence-corrected chi connectivity index (χ1v) is 9.14. The third kappa shape index (κ3) is 3.87. The van der Waals surface area contributed by atoms with Gasteiger partial charge >= 0.3 is 5.91 Å². The molecule has 0 unspecified atom stereocenters. The van der Waals surface area contributed by atoms with E-state index in [1.54, 1.807) is 6.07 Å². The van der Waals surface area contributed by atoms with Crippen LogP contribution in [0.15, 0.2) is 48.8 Å². The van der Waals surface area contributed by atoms with Crippen LogP contribution in [0.4, 0.5) is 0 Å². The van der Waals surface area contributed by atoms with E-state index in [2.05, 4.69) is 42.4 Å². The van der Waals surface area contributed by atoms with Crippen LogP contribution >= 0.6 is 43.5 Å². The number of carbonyl (C=O) groups excluding carboxylic acids is 1. The number of amides is 1. The fourth-order valence-electron chi connectivity index (χ4n) is 2.23. The molecule has 0 aliphatic carbocycles. The van der Waals surface area contributed by atoms with Crippen LogP contribution in [-0.4, -0.2) is 24.3 Å². The van der Waals surface area contributed by atoms with Crippen molar-refractivity contribution >= 4 is 66.6 Å². The number of nitrogens with one attached hydrogen (secondary N) is 1. The zero-order valence-corrected chi connectivity index (χ0v) is 17.1. The molecular weight excluding hydrogens is 491 g/mol. The van der Waals surface area contributed by atoms with Crippen molar-refractivity contribution in [2.75, 3.05) is 7.11 Å². The summed E-state index contributed by atoms with van der Waals surface area (Å²) in [5.74, 6) is -0.332. The predicted molar refractivity (Wildman–Crippen MR) is 106 cm³/mol. The van der Waals surface area contributed by atoms with Crippen molar-refractivity contribution in [2.45, 2.75) is 0 Å². The molecule has 1 amide bonds. The van der Waals surface area contributed by atoms with Crippen LogP contribution in [0.1, 0.15) is 16.1 Å². The number of carbonyl (C=O) groups is 1. The number of methoxy groups -OCH3 is 1. The summed E-state index contributed by atoms with van der Waals surface area (Å²) in [5.41, 5.74) is 3.49. The van der Waals surface area contributed by atoms with Crippen LogP contribution < -0.4 is 10.2 Å². The Bertz CT molecular complexity index is 1030. The maximum absolute atomic E-state index is 12.2. The van der Waals surface area contributed by atoms with Crippen molar-refractivity contribution in [2.24, 2.45) is 5.10 Å².